The summed E-state index contributed by atoms with van der Waals surface area (Å²) in [6, 6.07) is 16.2. The van der Waals surface area contributed by atoms with Crippen molar-refractivity contribution in [2.45, 2.75) is 13.5 Å². The first kappa shape index (κ1) is 14.4. The SMILES string of the molecule is Cc1cccc(OCc2nc3ccccc3n2C)c1.Cl. The molecule has 0 spiro atoms. The summed E-state index contributed by atoms with van der Waals surface area (Å²) < 4.78 is 7.87. The van der Waals surface area contributed by atoms with Crippen LogP contribution in [0.15, 0.2) is 48.5 Å². The minimum absolute atomic E-state index is 0. The zero-order valence-electron chi connectivity index (χ0n) is 11.5. The van der Waals surface area contributed by atoms with Crippen molar-refractivity contribution in [1.82, 2.24) is 9.55 Å². The molecule has 0 N–H and O–H groups in total. The van der Waals surface area contributed by atoms with Gasteiger partial charge in [-0.2, -0.15) is 0 Å². The number of fused-ring (bicyclic) bond motifs is 1. The molecule has 0 aliphatic heterocycles. The number of aryl methyl sites for hydroxylation is 2. The second-order valence-electron chi connectivity index (χ2n) is 4.68. The molecular formula is C16H17ClN2O. The van der Waals surface area contributed by atoms with E-state index in [1.54, 1.807) is 0 Å². The predicted molar refractivity (Wildman–Crippen MR) is 83.5 cm³/mol. The third kappa shape index (κ3) is 2.78. The van der Waals surface area contributed by atoms with E-state index < -0.39 is 0 Å². The summed E-state index contributed by atoms with van der Waals surface area (Å²) >= 11 is 0. The Kier molecular flexibility index (Phi) is 4.30. The van der Waals surface area contributed by atoms with Crippen LogP contribution in [0.2, 0.25) is 0 Å². The Morgan fingerprint density at radius 1 is 1.10 bits per heavy atom. The first-order valence-corrected chi connectivity index (χ1v) is 6.34. The molecule has 0 atom stereocenters. The molecule has 20 heavy (non-hydrogen) atoms. The molecule has 1 heterocycles. The van der Waals surface area contributed by atoms with Crippen LogP contribution in [-0.4, -0.2) is 9.55 Å². The van der Waals surface area contributed by atoms with Gasteiger partial charge in [0.1, 0.15) is 18.2 Å². The largest absolute Gasteiger partial charge is 0.486 e. The van der Waals surface area contributed by atoms with E-state index >= 15 is 0 Å². The second-order valence-corrected chi connectivity index (χ2v) is 4.68. The Hall–Kier alpha value is -2.00. The van der Waals surface area contributed by atoms with Gasteiger partial charge in [-0.3, -0.25) is 0 Å². The van der Waals surface area contributed by atoms with Gasteiger partial charge >= 0.3 is 0 Å². The van der Waals surface area contributed by atoms with Gasteiger partial charge in [-0.25, -0.2) is 4.98 Å². The highest BCUT2D eigenvalue weighted by Gasteiger charge is 2.07. The summed E-state index contributed by atoms with van der Waals surface area (Å²) in [4.78, 5) is 4.59. The normalized spacial score (nSPS) is 10.3. The molecule has 3 nitrogen and oxygen atoms in total. The van der Waals surface area contributed by atoms with Crippen LogP contribution in [0.3, 0.4) is 0 Å². The lowest BCUT2D eigenvalue weighted by Gasteiger charge is -2.06. The number of aromatic nitrogens is 2. The first-order valence-electron chi connectivity index (χ1n) is 6.34. The Morgan fingerprint density at radius 2 is 1.90 bits per heavy atom. The number of halogens is 1. The van der Waals surface area contributed by atoms with E-state index in [0.717, 1.165) is 22.6 Å². The molecular weight excluding hydrogens is 272 g/mol. The summed E-state index contributed by atoms with van der Waals surface area (Å²) in [5.41, 5.74) is 3.33. The topological polar surface area (TPSA) is 27.1 Å². The van der Waals surface area contributed by atoms with E-state index in [0.29, 0.717) is 6.61 Å². The fourth-order valence-corrected chi connectivity index (χ4v) is 2.18. The molecule has 0 unspecified atom stereocenters. The maximum absolute atomic E-state index is 5.80. The Morgan fingerprint density at radius 3 is 2.65 bits per heavy atom. The van der Waals surface area contributed by atoms with Gasteiger partial charge in [-0.15, -0.1) is 12.4 Å². The molecule has 1 aromatic heterocycles. The van der Waals surface area contributed by atoms with Gasteiger partial charge in [0.15, 0.2) is 0 Å². The van der Waals surface area contributed by atoms with Crippen LogP contribution in [0.4, 0.5) is 0 Å². The fraction of sp³-hybridized carbons (Fsp3) is 0.188. The molecule has 2 aromatic carbocycles. The van der Waals surface area contributed by atoms with Crippen LogP contribution >= 0.6 is 12.4 Å². The van der Waals surface area contributed by atoms with E-state index in [9.17, 15) is 0 Å². The van der Waals surface area contributed by atoms with Crippen molar-refractivity contribution in [1.29, 1.82) is 0 Å². The molecule has 0 bridgehead atoms. The van der Waals surface area contributed by atoms with Gasteiger partial charge in [-0.05, 0) is 36.8 Å². The Balaban J connectivity index is 0.00000147. The van der Waals surface area contributed by atoms with Gasteiger partial charge in [0.05, 0.1) is 11.0 Å². The molecule has 0 aliphatic rings. The minimum atomic E-state index is 0. The molecule has 104 valence electrons. The number of ether oxygens (including phenoxy) is 1. The molecule has 0 radical (unpaired) electrons. The average molecular weight is 289 g/mol. The lowest BCUT2D eigenvalue weighted by Crippen LogP contribution is -2.03. The quantitative estimate of drug-likeness (QED) is 0.731. The molecule has 0 fully saturated rings. The minimum Gasteiger partial charge on any atom is -0.486 e. The molecule has 3 rings (SSSR count). The number of hydrogen-bond acceptors (Lipinski definition) is 2. The zero-order valence-corrected chi connectivity index (χ0v) is 12.4. The van der Waals surface area contributed by atoms with Crippen molar-refractivity contribution in [3.05, 3.63) is 59.9 Å². The van der Waals surface area contributed by atoms with E-state index in [4.69, 9.17) is 4.74 Å². The summed E-state index contributed by atoms with van der Waals surface area (Å²) in [5, 5.41) is 0. The number of nitrogens with zero attached hydrogens (tertiary/aromatic N) is 2. The van der Waals surface area contributed by atoms with Crippen LogP contribution in [0, 0.1) is 6.92 Å². The summed E-state index contributed by atoms with van der Waals surface area (Å²) in [6.07, 6.45) is 0. The predicted octanol–water partition coefficient (Wildman–Crippen LogP) is 3.88. The van der Waals surface area contributed by atoms with Crippen molar-refractivity contribution >= 4 is 23.4 Å². The van der Waals surface area contributed by atoms with Crippen LogP contribution in [0.1, 0.15) is 11.4 Å². The first-order chi connectivity index (χ1) is 9.24. The second kappa shape index (κ2) is 5.97. The van der Waals surface area contributed by atoms with Crippen LogP contribution < -0.4 is 4.74 Å². The molecule has 0 saturated heterocycles. The van der Waals surface area contributed by atoms with Crippen molar-refractivity contribution in [3.63, 3.8) is 0 Å². The Bertz CT molecular complexity index is 721. The van der Waals surface area contributed by atoms with Gasteiger partial charge in [0, 0.05) is 7.05 Å². The molecule has 0 saturated carbocycles. The number of imidazole rings is 1. The van der Waals surface area contributed by atoms with Crippen molar-refractivity contribution < 1.29 is 4.74 Å². The molecule has 4 heteroatoms. The number of benzene rings is 2. The van der Waals surface area contributed by atoms with Crippen LogP contribution in [-0.2, 0) is 13.7 Å². The van der Waals surface area contributed by atoms with Gasteiger partial charge in [-0.1, -0.05) is 24.3 Å². The van der Waals surface area contributed by atoms with Crippen LogP contribution in [0.25, 0.3) is 11.0 Å². The summed E-state index contributed by atoms with van der Waals surface area (Å²) in [7, 11) is 2.02. The third-order valence-corrected chi connectivity index (χ3v) is 3.24. The lowest BCUT2D eigenvalue weighted by molar-refractivity contribution is 0.292. The highest BCUT2D eigenvalue weighted by atomic mass is 35.5. The highest BCUT2D eigenvalue weighted by molar-refractivity contribution is 5.85. The van der Waals surface area contributed by atoms with Gasteiger partial charge in [0.2, 0.25) is 0 Å². The molecule has 0 amide bonds. The standard InChI is InChI=1S/C16H16N2O.ClH/c1-12-6-5-7-13(10-12)19-11-16-17-14-8-3-4-9-15(14)18(16)2;/h3-10H,11H2,1-2H3;1H. The zero-order chi connectivity index (χ0) is 13.2. The monoisotopic (exact) mass is 288 g/mol. The van der Waals surface area contributed by atoms with E-state index in [2.05, 4.69) is 28.6 Å². The summed E-state index contributed by atoms with van der Waals surface area (Å²) in [6.45, 7) is 2.54. The van der Waals surface area contributed by atoms with Crippen molar-refractivity contribution in [3.8, 4) is 5.75 Å². The van der Waals surface area contributed by atoms with Gasteiger partial charge < -0.3 is 9.30 Å². The lowest BCUT2D eigenvalue weighted by atomic mass is 10.2. The van der Waals surface area contributed by atoms with Crippen LogP contribution in [0.5, 0.6) is 5.75 Å². The van der Waals surface area contributed by atoms with E-state index in [1.165, 1.54) is 5.56 Å². The smallest absolute Gasteiger partial charge is 0.147 e. The maximum atomic E-state index is 5.80. The average Bonchev–Trinajstić information content (AvgIpc) is 2.74. The van der Waals surface area contributed by atoms with E-state index in [-0.39, 0.29) is 12.4 Å². The third-order valence-electron chi connectivity index (χ3n) is 3.24. The molecule has 0 aliphatic carbocycles. The highest BCUT2D eigenvalue weighted by Crippen LogP contribution is 2.17. The molecule has 3 aromatic rings. The number of hydrogen-bond donors (Lipinski definition) is 0. The number of rotatable bonds is 3. The van der Waals surface area contributed by atoms with Crippen molar-refractivity contribution in [2.24, 2.45) is 7.05 Å². The number of para-hydroxylation sites is 2. The van der Waals surface area contributed by atoms with Gasteiger partial charge in [0.25, 0.3) is 0 Å². The maximum Gasteiger partial charge on any atom is 0.147 e. The summed E-state index contributed by atoms with van der Waals surface area (Å²) in [5.74, 6) is 1.81. The van der Waals surface area contributed by atoms with Crippen molar-refractivity contribution in [2.75, 3.05) is 0 Å². The fourth-order valence-electron chi connectivity index (χ4n) is 2.18. The Labute approximate surface area is 124 Å². The van der Waals surface area contributed by atoms with E-state index in [1.807, 2.05) is 43.4 Å².